The molecule has 1 nitrogen and oxygen atoms in total. The summed E-state index contributed by atoms with van der Waals surface area (Å²) in [7, 11) is 0. The van der Waals surface area contributed by atoms with E-state index in [0.29, 0.717) is 0 Å². The molecule has 82 valence electrons. The van der Waals surface area contributed by atoms with E-state index in [4.69, 9.17) is 11.6 Å². The highest BCUT2D eigenvalue weighted by Crippen LogP contribution is 2.28. The second-order valence-electron chi connectivity index (χ2n) is 4.02. The van der Waals surface area contributed by atoms with E-state index < -0.39 is 0 Å². The number of halogens is 2. The van der Waals surface area contributed by atoms with Crippen LogP contribution >= 0.6 is 27.5 Å². The van der Waals surface area contributed by atoms with E-state index in [1.807, 2.05) is 12.1 Å². The highest BCUT2D eigenvalue weighted by molar-refractivity contribution is 9.09. The van der Waals surface area contributed by atoms with Gasteiger partial charge in [0, 0.05) is 29.5 Å². The molecule has 2 rings (SSSR count). The van der Waals surface area contributed by atoms with Crippen molar-refractivity contribution in [3.8, 4) is 0 Å². The molecule has 1 aliphatic rings. The van der Waals surface area contributed by atoms with Crippen molar-refractivity contribution in [3.63, 3.8) is 0 Å². The largest absolute Gasteiger partial charge is 0.295 e. The zero-order chi connectivity index (χ0) is 10.7. The first kappa shape index (κ1) is 11.4. The lowest BCUT2D eigenvalue weighted by molar-refractivity contribution is 0.272. The first-order chi connectivity index (χ1) is 7.29. The highest BCUT2D eigenvalue weighted by atomic mass is 79.9. The van der Waals surface area contributed by atoms with Gasteiger partial charge in [0.1, 0.15) is 0 Å². The second-order valence-corrected chi connectivity index (χ2v) is 5.25. The minimum atomic E-state index is 0.817. The van der Waals surface area contributed by atoms with Gasteiger partial charge in [-0.2, -0.15) is 0 Å². The van der Waals surface area contributed by atoms with Crippen molar-refractivity contribution < 1.29 is 0 Å². The molecule has 1 aromatic rings. The molecule has 1 aliphatic carbocycles. The van der Waals surface area contributed by atoms with Crippen molar-refractivity contribution in [1.82, 2.24) is 4.90 Å². The maximum Gasteiger partial charge on any atom is 0.0406 e. The second kappa shape index (κ2) is 5.33. The normalized spacial score (nSPS) is 15.9. The summed E-state index contributed by atoms with van der Waals surface area (Å²) < 4.78 is 0. The van der Waals surface area contributed by atoms with Gasteiger partial charge >= 0.3 is 0 Å². The van der Waals surface area contributed by atoms with Crippen molar-refractivity contribution in [3.05, 3.63) is 34.9 Å². The molecule has 0 saturated heterocycles. The zero-order valence-electron chi connectivity index (χ0n) is 8.63. The zero-order valence-corrected chi connectivity index (χ0v) is 11.0. The Balaban J connectivity index is 1.95. The Morgan fingerprint density at radius 3 is 2.47 bits per heavy atom. The van der Waals surface area contributed by atoms with Crippen molar-refractivity contribution in [2.45, 2.75) is 25.4 Å². The molecule has 0 aliphatic heterocycles. The predicted octanol–water partition coefficient (Wildman–Crippen LogP) is 3.70. The molecule has 3 heteroatoms. The topological polar surface area (TPSA) is 3.24 Å². The number of nitrogens with zero attached hydrogens (tertiary/aromatic N) is 1. The predicted molar refractivity (Wildman–Crippen MR) is 68.7 cm³/mol. The van der Waals surface area contributed by atoms with Gasteiger partial charge in [0.05, 0.1) is 0 Å². The van der Waals surface area contributed by atoms with Crippen LogP contribution in [0.15, 0.2) is 24.3 Å². The molecule has 0 radical (unpaired) electrons. The van der Waals surface area contributed by atoms with Crippen LogP contribution in [-0.4, -0.2) is 22.8 Å². The Morgan fingerprint density at radius 1 is 1.27 bits per heavy atom. The smallest absolute Gasteiger partial charge is 0.0406 e. The summed E-state index contributed by atoms with van der Waals surface area (Å²) >= 11 is 9.37. The van der Waals surface area contributed by atoms with Crippen LogP contribution in [0.3, 0.4) is 0 Å². The SMILES string of the molecule is Clc1ccc(CN(CCBr)C2CC2)cc1. The van der Waals surface area contributed by atoms with Gasteiger partial charge in [-0.3, -0.25) is 4.90 Å². The fourth-order valence-electron chi connectivity index (χ4n) is 1.76. The van der Waals surface area contributed by atoms with Crippen LogP contribution in [0.25, 0.3) is 0 Å². The third-order valence-corrected chi connectivity index (χ3v) is 3.34. The van der Waals surface area contributed by atoms with Crippen LogP contribution in [0.2, 0.25) is 5.02 Å². The van der Waals surface area contributed by atoms with Crippen molar-refractivity contribution in [2.24, 2.45) is 0 Å². The lowest BCUT2D eigenvalue weighted by Gasteiger charge is -2.20. The molecule has 1 saturated carbocycles. The molecule has 15 heavy (non-hydrogen) atoms. The van der Waals surface area contributed by atoms with E-state index >= 15 is 0 Å². The average Bonchev–Trinajstić information content (AvgIpc) is 3.04. The van der Waals surface area contributed by atoms with Gasteiger partial charge in [-0.15, -0.1) is 0 Å². The molecule has 0 heterocycles. The molecule has 0 N–H and O–H groups in total. The van der Waals surface area contributed by atoms with Gasteiger partial charge in [-0.25, -0.2) is 0 Å². The fourth-order valence-corrected chi connectivity index (χ4v) is 2.34. The Labute approximate surface area is 105 Å². The number of hydrogen-bond acceptors (Lipinski definition) is 1. The number of benzene rings is 1. The van der Waals surface area contributed by atoms with Crippen LogP contribution in [0.5, 0.6) is 0 Å². The quantitative estimate of drug-likeness (QED) is 0.747. The molecular weight excluding hydrogens is 273 g/mol. The van der Waals surface area contributed by atoms with E-state index in [0.717, 1.165) is 29.5 Å². The number of hydrogen-bond donors (Lipinski definition) is 0. The first-order valence-corrected chi connectivity index (χ1v) is 6.84. The van der Waals surface area contributed by atoms with E-state index in [-0.39, 0.29) is 0 Å². The van der Waals surface area contributed by atoms with Gasteiger partial charge in [0.15, 0.2) is 0 Å². The summed E-state index contributed by atoms with van der Waals surface area (Å²) in [5.74, 6) is 0. The monoisotopic (exact) mass is 287 g/mol. The lowest BCUT2D eigenvalue weighted by Crippen LogP contribution is -2.27. The van der Waals surface area contributed by atoms with Crippen LogP contribution < -0.4 is 0 Å². The summed E-state index contributed by atoms with van der Waals surface area (Å²) in [6.45, 7) is 2.18. The summed E-state index contributed by atoms with van der Waals surface area (Å²) in [5, 5.41) is 1.87. The fraction of sp³-hybridized carbons (Fsp3) is 0.500. The van der Waals surface area contributed by atoms with Crippen molar-refractivity contribution >= 4 is 27.5 Å². The summed E-state index contributed by atoms with van der Waals surface area (Å²) in [6.07, 6.45) is 2.72. The maximum atomic E-state index is 5.86. The molecular formula is C12H15BrClN. The van der Waals surface area contributed by atoms with Crippen LogP contribution in [0.4, 0.5) is 0 Å². The third kappa shape index (κ3) is 3.47. The van der Waals surface area contributed by atoms with Crippen molar-refractivity contribution in [1.29, 1.82) is 0 Å². The first-order valence-electron chi connectivity index (χ1n) is 5.34. The molecule has 0 atom stereocenters. The average molecular weight is 289 g/mol. The Morgan fingerprint density at radius 2 is 1.93 bits per heavy atom. The Kier molecular flexibility index (Phi) is 4.06. The maximum absolute atomic E-state index is 5.86. The standard InChI is InChI=1S/C12H15BrClN/c13-7-8-15(12-5-6-12)9-10-1-3-11(14)4-2-10/h1-4,12H,5-9H2. The van der Waals surface area contributed by atoms with E-state index in [1.54, 1.807) is 0 Å². The van der Waals surface area contributed by atoms with Gasteiger partial charge < -0.3 is 0 Å². The molecule has 0 aromatic heterocycles. The number of rotatable bonds is 5. The van der Waals surface area contributed by atoms with Crippen molar-refractivity contribution in [2.75, 3.05) is 11.9 Å². The van der Waals surface area contributed by atoms with E-state index in [2.05, 4.69) is 33.0 Å². The summed E-state index contributed by atoms with van der Waals surface area (Å²) in [5.41, 5.74) is 1.35. The summed E-state index contributed by atoms with van der Waals surface area (Å²) in [6, 6.07) is 8.99. The van der Waals surface area contributed by atoms with Gasteiger partial charge in [-0.1, -0.05) is 39.7 Å². The molecule has 1 fully saturated rings. The summed E-state index contributed by atoms with van der Waals surface area (Å²) in [4.78, 5) is 2.54. The lowest BCUT2D eigenvalue weighted by atomic mass is 10.2. The molecule has 0 amide bonds. The highest BCUT2D eigenvalue weighted by Gasteiger charge is 2.28. The van der Waals surface area contributed by atoms with Gasteiger partial charge in [0.2, 0.25) is 0 Å². The van der Waals surface area contributed by atoms with E-state index in [9.17, 15) is 0 Å². The van der Waals surface area contributed by atoms with Gasteiger partial charge in [-0.05, 0) is 30.5 Å². The molecule has 1 aromatic carbocycles. The Bertz CT molecular complexity index is 308. The molecule has 0 spiro atoms. The minimum absolute atomic E-state index is 0.817. The molecule has 0 unspecified atom stereocenters. The minimum Gasteiger partial charge on any atom is -0.295 e. The third-order valence-electron chi connectivity index (χ3n) is 2.73. The number of alkyl halides is 1. The van der Waals surface area contributed by atoms with Gasteiger partial charge in [0.25, 0.3) is 0 Å². The van der Waals surface area contributed by atoms with Crippen LogP contribution in [0, 0.1) is 0 Å². The molecule has 0 bridgehead atoms. The van der Waals surface area contributed by atoms with Crippen LogP contribution in [0.1, 0.15) is 18.4 Å². The Hall–Kier alpha value is -0.0500. The van der Waals surface area contributed by atoms with Crippen LogP contribution in [-0.2, 0) is 6.54 Å². The van der Waals surface area contributed by atoms with E-state index in [1.165, 1.54) is 18.4 Å².